The van der Waals surface area contributed by atoms with Crippen molar-refractivity contribution < 1.29 is 21.4 Å². The van der Waals surface area contributed by atoms with Crippen LogP contribution in [0.25, 0.3) is 11.1 Å². The molecule has 0 aromatic heterocycles. The second-order valence-electron chi connectivity index (χ2n) is 3.26. The molecule has 0 bridgehead atoms. The summed E-state index contributed by atoms with van der Waals surface area (Å²) in [6, 6.07) is 15.8. The Morgan fingerprint density at radius 3 is 2.44 bits per heavy atom. The molecule has 3 heteroatoms. The fourth-order valence-corrected chi connectivity index (χ4v) is 1.40. The standard InChI is InChI=1S/C13H10F.BrH.Mg/c1-10-9-12(7-8-13(10)14)11-5-3-2-4-6-11;;/h2-3,5-9H,1H3;1H;/q-1;;+2/p-1. The Morgan fingerprint density at radius 1 is 1.12 bits per heavy atom. The van der Waals surface area contributed by atoms with Gasteiger partial charge in [0.25, 0.3) is 0 Å². The van der Waals surface area contributed by atoms with Crippen LogP contribution in [0.2, 0.25) is 0 Å². The molecule has 0 saturated carbocycles. The first-order valence-electron chi connectivity index (χ1n) is 4.50. The molecule has 0 nitrogen and oxygen atoms in total. The zero-order chi connectivity index (χ0) is 9.97. The number of benzene rings is 2. The van der Waals surface area contributed by atoms with Gasteiger partial charge in [-0.2, -0.15) is 30.3 Å². The van der Waals surface area contributed by atoms with E-state index in [4.69, 9.17) is 0 Å². The van der Waals surface area contributed by atoms with Crippen LogP contribution in [-0.4, -0.2) is 23.1 Å². The first-order chi connectivity index (χ1) is 6.77. The summed E-state index contributed by atoms with van der Waals surface area (Å²) in [4.78, 5) is 0. The molecule has 0 fully saturated rings. The Hall–Kier alpha value is -0.384. The topological polar surface area (TPSA) is 0 Å². The molecule has 0 heterocycles. The molecule has 2 aromatic rings. The molecule has 0 amide bonds. The molecular formula is C13H10BrFMg. The molecule has 0 spiro atoms. The van der Waals surface area contributed by atoms with Crippen molar-refractivity contribution in [2.24, 2.45) is 0 Å². The Labute approximate surface area is 122 Å². The summed E-state index contributed by atoms with van der Waals surface area (Å²) in [5.74, 6) is -0.159. The molecule has 16 heavy (non-hydrogen) atoms. The summed E-state index contributed by atoms with van der Waals surface area (Å²) in [5, 5.41) is 0. The molecule has 78 valence electrons. The van der Waals surface area contributed by atoms with Crippen LogP contribution in [0.4, 0.5) is 4.39 Å². The molecule has 2 rings (SSSR count). The molecule has 0 radical (unpaired) electrons. The van der Waals surface area contributed by atoms with Crippen molar-refractivity contribution in [1.82, 2.24) is 0 Å². The fourth-order valence-electron chi connectivity index (χ4n) is 1.40. The van der Waals surface area contributed by atoms with Gasteiger partial charge in [0.05, 0.1) is 0 Å². The van der Waals surface area contributed by atoms with Gasteiger partial charge in [-0.05, 0) is 18.6 Å². The van der Waals surface area contributed by atoms with Crippen molar-refractivity contribution in [3.05, 3.63) is 59.9 Å². The molecule has 0 atom stereocenters. The minimum absolute atomic E-state index is 0. The fraction of sp³-hybridized carbons (Fsp3) is 0.0769. The van der Waals surface area contributed by atoms with Crippen molar-refractivity contribution in [2.75, 3.05) is 0 Å². The second-order valence-corrected chi connectivity index (χ2v) is 3.26. The summed E-state index contributed by atoms with van der Waals surface area (Å²) < 4.78 is 13.0. The van der Waals surface area contributed by atoms with Gasteiger partial charge >= 0.3 is 23.1 Å². The molecule has 0 N–H and O–H groups in total. The number of hydrogen-bond acceptors (Lipinski definition) is 0. The van der Waals surface area contributed by atoms with E-state index >= 15 is 0 Å². The van der Waals surface area contributed by atoms with Gasteiger partial charge in [0.15, 0.2) is 0 Å². The van der Waals surface area contributed by atoms with E-state index in [-0.39, 0.29) is 45.9 Å². The van der Waals surface area contributed by atoms with Crippen LogP contribution < -0.4 is 17.0 Å². The smallest absolute Gasteiger partial charge is 1.00 e. The van der Waals surface area contributed by atoms with Crippen molar-refractivity contribution in [3.63, 3.8) is 0 Å². The molecule has 2 aromatic carbocycles. The maximum absolute atomic E-state index is 13.0. The first kappa shape index (κ1) is 15.6. The molecular weight excluding hydrogens is 279 g/mol. The average Bonchev–Trinajstić information content (AvgIpc) is 2.23. The van der Waals surface area contributed by atoms with Gasteiger partial charge in [-0.25, -0.2) is 4.39 Å². The van der Waals surface area contributed by atoms with Gasteiger partial charge in [-0.1, -0.05) is 17.7 Å². The normalized spacial score (nSPS) is 8.88. The third kappa shape index (κ3) is 3.58. The Balaban J connectivity index is 0.00000112. The van der Waals surface area contributed by atoms with Crippen molar-refractivity contribution >= 4 is 23.1 Å². The van der Waals surface area contributed by atoms with Gasteiger partial charge < -0.3 is 17.0 Å². The third-order valence-electron chi connectivity index (χ3n) is 2.20. The second kappa shape index (κ2) is 7.04. The largest absolute Gasteiger partial charge is 2.00 e. The monoisotopic (exact) mass is 288 g/mol. The van der Waals surface area contributed by atoms with Crippen molar-refractivity contribution in [3.8, 4) is 11.1 Å². The third-order valence-corrected chi connectivity index (χ3v) is 2.20. The van der Waals surface area contributed by atoms with Gasteiger partial charge in [0, 0.05) is 0 Å². The predicted molar refractivity (Wildman–Crippen MR) is 61.2 cm³/mol. The number of halogens is 2. The van der Waals surface area contributed by atoms with Crippen LogP contribution in [-0.2, 0) is 0 Å². The maximum atomic E-state index is 13.0. The SMILES string of the molecule is Cc1cc(-c2c[c-]ccc2)ccc1F.[Br-].[Mg+2]. The van der Waals surface area contributed by atoms with Crippen LogP contribution >= 0.6 is 0 Å². The van der Waals surface area contributed by atoms with E-state index in [0.29, 0.717) is 5.56 Å². The predicted octanol–water partition coefficient (Wildman–Crippen LogP) is 0.225. The van der Waals surface area contributed by atoms with E-state index in [2.05, 4.69) is 6.07 Å². The number of hydrogen-bond donors (Lipinski definition) is 0. The molecule has 0 saturated heterocycles. The maximum Gasteiger partial charge on any atom is 2.00 e. The van der Waals surface area contributed by atoms with E-state index in [9.17, 15) is 4.39 Å². The van der Waals surface area contributed by atoms with Crippen molar-refractivity contribution in [2.45, 2.75) is 6.92 Å². The van der Waals surface area contributed by atoms with E-state index in [0.717, 1.165) is 11.1 Å². The molecule has 0 aliphatic rings. The summed E-state index contributed by atoms with van der Waals surface area (Å²) in [6.07, 6.45) is 0. The number of aryl methyl sites for hydroxylation is 1. The van der Waals surface area contributed by atoms with E-state index < -0.39 is 0 Å². The Bertz CT molecular complexity index is 443. The van der Waals surface area contributed by atoms with Crippen LogP contribution in [0.1, 0.15) is 5.56 Å². The molecule has 0 aliphatic heterocycles. The van der Waals surface area contributed by atoms with Gasteiger partial charge in [0.1, 0.15) is 5.82 Å². The Kier molecular flexibility index (Phi) is 6.87. The zero-order valence-electron chi connectivity index (χ0n) is 9.00. The zero-order valence-corrected chi connectivity index (χ0v) is 12.0. The Morgan fingerprint density at radius 2 is 1.88 bits per heavy atom. The molecule has 0 unspecified atom stereocenters. The van der Waals surface area contributed by atoms with Crippen molar-refractivity contribution in [1.29, 1.82) is 0 Å². The molecule has 0 aliphatic carbocycles. The van der Waals surface area contributed by atoms with E-state index in [1.807, 2.05) is 30.3 Å². The average molecular weight is 289 g/mol. The van der Waals surface area contributed by atoms with Crippen LogP contribution in [0.5, 0.6) is 0 Å². The van der Waals surface area contributed by atoms with Gasteiger partial charge in [0.2, 0.25) is 0 Å². The summed E-state index contributed by atoms with van der Waals surface area (Å²) in [7, 11) is 0. The first-order valence-corrected chi connectivity index (χ1v) is 4.50. The van der Waals surface area contributed by atoms with Crippen LogP contribution in [0.3, 0.4) is 0 Å². The van der Waals surface area contributed by atoms with E-state index in [1.165, 1.54) is 6.07 Å². The number of rotatable bonds is 1. The summed E-state index contributed by atoms with van der Waals surface area (Å²) >= 11 is 0. The van der Waals surface area contributed by atoms with Crippen LogP contribution in [0, 0.1) is 18.8 Å². The van der Waals surface area contributed by atoms with Gasteiger partial charge in [-0.15, -0.1) is 5.56 Å². The quantitative estimate of drug-likeness (QED) is 0.521. The summed E-state index contributed by atoms with van der Waals surface area (Å²) in [6.45, 7) is 1.77. The van der Waals surface area contributed by atoms with Gasteiger partial charge in [-0.3, -0.25) is 0 Å². The summed E-state index contributed by atoms with van der Waals surface area (Å²) in [5.41, 5.74) is 2.77. The van der Waals surface area contributed by atoms with E-state index in [1.54, 1.807) is 13.0 Å². The minimum atomic E-state index is -0.159. The van der Waals surface area contributed by atoms with Crippen LogP contribution in [0.15, 0.2) is 42.5 Å². The minimum Gasteiger partial charge on any atom is -1.00 e.